The Labute approximate surface area is 92.8 Å². The highest BCUT2D eigenvalue weighted by Gasteiger charge is 1.89. The van der Waals surface area contributed by atoms with Crippen LogP contribution in [0.15, 0.2) is 29.0 Å². The second-order valence-electron chi connectivity index (χ2n) is 3.03. The van der Waals surface area contributed by atoms with Crippen molar-refractivity contribution in [1.82, 2.24) is 4.98 Å². The molecule has 0 bridgehead atoms. The van der Waals surface area contributed by atoms with Gasteiger partial charge in [0.25, 0.3) is 0 Å². The lowest BCUT2D eigenvalue weighted by molar-refractivity contribution is 0.285. The summed E-state index contributed by atoms with van der Waals surface area (Å²) in [5, 5.41) is 8.58. The van der Waals surface area contributed by atoms with Gasteiger partial charge in [-0.3, -0.25) is 0 Å². The summed E-state index contributed by atoms with van der Waals surface area (Å²) in [5.41, 5.74) is 1.15. The number of unbranched alkanes of at least 4 members (excludes halogenated alkanes) is 2. The van der Waals surface area contributed by atoms with E-state index >= 15 is 0 Å². The Kier molecular flexibility index (Phi) is 5.49. The molecule has 1 heterocycles. The number of halogens is 1. The topological polar surface area (TPSA) is 33.1 Å². The number of nitrogens with zero attached hydrogens (tertiary/aromatic N) is 1. The van der Waals surface area contributed by atoms with Gasteiger partial charge in [0.1, 0.15) is 4.60 Å². The van der Waals surface area contributed by atoms with Crippen LogP contribution in [0.4, 0.5) is 0 Å². The van der Waals surface area contributed by atoms with E-state index in [0.717, 1.165) is 29.4 Å². The van der Waals surface area contributed by atoms with Gasteiger partial charge in [0.15, 0.2) is 0 Å². The first kappa shape index (κ1) is 11.4. The number of aliphatic hydroxyl groups is 1. The molecule has 0 saturated carbocycles. The molecule has 1 rings (SSSR count). The molecule has 1 N–H and O–H groups in total. The summed E-state index contributed by atoms with van der Waals surface area (Å²) < 4.78 is 0.856. The van der Waals surface area contributed by atoms with Crippen molar-refractivity contribution >= 4 is 22.0 Å². The lowest BCUT2D eigenvalue weighted by Gasteiger charge is -1.94. The number of rotatable bonds is 5. The summed E-state index contributed by atoms with van der Waals surface area (Å²) >= 11 is 3.32. The molecule has 0 aliphatic heterocycles. The molecule has 3 heteroatoms. The first-order valence-corrected chi connectivity index (χ1v) is 5.51. The minimum absolute atomic E-state index is 0.286. The Morgan fingerprint density at radius 1 is 1.43 bits per heavy atom. The lowest BCUT2D eigenvalue weighted by Crippen LogP contribution is -1.80. The summed E-state index contributed by atoms with van der Waals surface area (Å²) in [5.74, 6) is 0. The minimum atomic E-state index is 0.286. The highest BCUT2D eigenvalue weighted by atomic mass is 79.9. The molecular weight excluding hydrogens is 242 g/mol. The van der Waals surface area contributed by atoms with Crippen LogP contribution in [0.2, 0.25) is 0 Å². The Bertz CT molecular complexity index is 299. The average Bonchev–Trinajstić information content (AvgIpc) is 2.18. The van der Waals surface area contributed by atoms with Gasteiger partial charge in [-0.15, -0.1) is 0 Å². The van der Waals surface area contributed by atoms with Gasteiger partial charge in [-0.1, -0.05) is 12.2 Å². The second kappa shape index (κ2) is 6.74. The first-order chi connectivity index (χ1) is 6.83. The molecular formula is C11H14BrNO. The number of allylic oxidation sites excluding steroid dienone is 1. The smallest absolute Gasteiger partial charge is 0.106 e. The predicted octanol–water partition coefficient (Wildman–Crippen LogP) is 3.02. The van der Waals surface area contributed by atoms with E-state index in [1.807, 2.05) is 12.1 Å². The van der Waals surface area contributed by atoms with Gasteiger partial charge in [-0.25, -0.2) is 4.98 Å². The maximum absolute atomic E-state index is 8.58. The third-order valence-corrected chi connectivity index (χ3v) is 2.27. The Balaban J connectivity index is 2.36. The van der Waals surface area contributed by atoms with Crippen molar-refractivity contribution in [3.63, 3.8) is 0 Å². The Morgan fingerprint density at radius 3 is 3.00 bits per heavy atom. The van der Waals surface area contributed by atoms with E-state index in [1.54, 1.807) is 6.20 Å². The molecule has 0 amide bonds. The Morgan fingerprint density at radius 2 is 2.29 bits per heavy atom. The van der Waals surface area contributed by atoms with Crippen molar-refractivity contribution in [2.24, 2.45) is 0 Å². The van der Waals surface area contributed by atoms with Gasteiger partial charge in [-0.05, 0) is 52.9 Å². The van der Waals surface area contributed by atoms with Crippen LogP contribution in [-0.4, -0.2) is 16.7 Å². The number of pyridine rings is 1. The molecule has 1 aromatic rings. The van der Waals surface area contributed by atoms with Gasteiger partial charge in [0, 0.05) is 12.8 Å². The van der Waals surface area contributed by atoms with Crippen LogP contribution >= 0.6 is 15.9 Å². The minimum Gasteiger partial charge on any atom is -0.396 e. The average molecular weight is 256 g/mol. The zero-order valence-electron chi connectivity index (χ0n) is 7.99. The molecule has 0 unspecified atom stereocenters. The van der Waals surface area contributed by atoms with Crippen molar-refractivity contribution < 1.29 is 5.11 Å². The van der Waals surface area contributed by atoms with Gasteiger partial charge < -0.3 is 5.11 Å². The highest BCUT2D eigenvalue weighted by Crippen LogP contribution is 2.10. The molecule has 14 heavy (non-hydrogen) atoms. The molecule has 0 spiro atoms. The van der Waals surface area contributed by atoms with Crippen LogP contribution in [0.1, 0.15) is 24.8 Å². The maximum atomic E-state index is 8.58. The summed E-state index contributed by atoms with van der Waals surface area (Å²) in [7, 11) is 0. The number of aliphatic hydroxyl groups excluding tert-OH is 1. The van der Waals surface area contributed by atoms with Gasteiger partial charge >= 0.3 is 0 Å². The molecule has 1 aromatic heterocycles. The molecule has 0 aliphatic rings. The van der Waals surface area contributed by atoms with Crippen molar-refractivity contribution in [2.45, 2.75) is 19.3 Å². The number of hydrogen-bond acceptors (Lipinski definition) is 2. The third kappa shape index (κ3) is 4.53. The SMILES string of the molecule is OCCCC/C=C/c1ccnc(Br)c1. The van der Waals surface area contributed by atoms with Crippen LogP contribution in [0, 0.1) is 0 Å². The van der Waals surface area contributed by atoms with Gasteiger partial charge in [-0.2, -0.15) is 0 Å². The van der Waals surface area contributed by atoms with Crippen LogP contribution in [0.5, 0.6) is 0 Å². The van der Waals surface area contributed by atoms with Crippen LogP contribution in [0.25, 0.3) is 6.08 Å². The van der Waals surface area contributed by atoms with Crippen LogP contribution < -0.4 is 0 Å². The van der Waals surface area contributed by atoms with Crippen molar-refractivity contribution in [3.05, 3.63) is 34.6 Å². The Hall–Kier alpha value is -0.670. The van der Waals surface area contributed by atoms with E-state index in [4.69, 9.17) is 5.11 Å². The molecule has 0 aliphatic carbocycles. The zero-order chi connectivity index (χ0) is 10.2. The quantitative estimate of drug-likeness (QED) is 0.648. The van der Waals surface area contributed by atoms with Crippen molar-refractivity contribution in [1.29, 1.82) is 0 Å². The highest BCUT2D eigenvalue weighted by molar-refractivity contribution is 9.10. The van der Waals surface area contributed by atoms with E-state index in [0.29, 0.717) is 0 Å². The molecule has 0 radical (unpaired) electrons. The molecule has 0 saturated heterocycles. The largest absolute Gasteiger partial charge is 0.396 e. The zero-order valence-corrected chi connectivity index (χ0v) is 9.57. The van der Waals surface area contributed by atoms with E-state index in [1.165, 1.54) is 0 Å². The number of aromatic nitrogens is 1. The normalized spacial score (nSPS) is 11.0. The second-order valence-corrected chi connectivity index (χ2v) is 3.85. The first-order valence-electron chi connectivity index (χ1n) is 4.72. The van der Waals surface area contributed by atoms with E-state index in [-0.39, 0.29) is 6.61 Å². The fourth-order valence-corrected chi connectivity index (χ4v) is 1.50. The molecule has 76 valence electrons. The maximum Gasteiger partial charge on any atom is 0.106 e. The summed E-state index contributed by atoms with van der Waals surface area (Å²) in [6, 6.07) is 3.94. The fraction of sp³-hybridized carbons (Fsp3) is 0.364. The standard InChI is InChI=1S/C11H14BrNO/c12-11-9-10(6-7-13-11)5-3-1-2-4-8-14/h3,5-7,9,14H,1-2,4,8H2/b5-3+. The molecule has 0 fully saturated rings. The molecule has 2 nitrogen and oxygen atoms in total. The van der Waals surface area contributed by atoms with E-state index in [9.17, 15) is 0 Å². The van der Waals surface area contributed by atoms with Gasteiger partial charge in [0.2, 0.25) is 0 Å². The monoisotopic (exact) mass is 255 g/mol. The van der Waals surface area contributed by atoms with E-state index in [2.05, 4.69) is 33.1 Å². The number of hydrogen-bond donors (Lipinski definition) is 1. The third-order valence-electron chi connectivity index (χ3n) is 1.84. The summed E-state index contributed by atoms with van der Waals surface area (Å²) in [6.07, 6.45) is 8.91. The summed E-state index contributed by atoms with van der Waals surface area (Å²) in [4.78, 5) is 4.05. The fourth-order valence-electron chi connectivity index (χ4n) is 1.11. The summed E-state index contributed by atoms with van der Waals surface area (Å²) in [6.45, 7) is 0.286. The van der Waals surface area contributed by atoms with Crippen LogP contribution in [-0.2, 0) is 0 Å². The van der Waals surface area contributed by atoms with Crippen molar-refractivity contribution in [3.8, 4) is 0 Å². The molecule has 0 atom stereocenters. The predicted molar refractivity (Wildman–Crippen MR) is 61.9 cm³/mol. The van der Waals surface area contributed by atoms with E-state index < -0.39 is 0 Å². The molecule has 0 aromatic carbocycles. The lowest BCUT2D eigenvalue weighted by atomic mass is 10.2. The van der Waals surface area contributed by atoms with Crippen LogP contribution in [0.3, 0.4) is 0 Å². The van der Waals surface area contributed by atoms with Crippen molar-refractivity contribution in [2.75, 3.05) is 6.61 Å². The van der Waals surface area contributed by atoms with Gasteiger partial charge in [0.05, 0.1) is 0 Å².